The largest absolute Gasteiger partial charge is 0.368 e. The Bertz CT molecular complexity index is 1040. The minimum absolute atomic E-state index is 0.0113. The third-order valence-corrected chi connectivity index (χ3v) is 7.21. The highest BCUT2D eigenvalue weighted by Gasteiger charge is 2.28. The number of hydrogen-bond donors (Lipinski definition) is 0. The van der Waals surface area contributed by atoms with E-state index in [-0.39, 0.29) is 17.6 Å². The van der Waals surface area contributed by atoms with Gasteiger partial charge in [0, 0.05) is 52.6 Å². The van der Waals surface area contributed by atoms with Crippen LogP contribution in [-0.2, 0) is 32.1 Å². The molecule has 0 N–H and O–H groups in total. The number of rotatable bonds is 12. The molecule has 1 heterocycles. The second kappa shape index (κ2) is 14.1. The highest BCUT2D eigenvalue weighted by Crippen LogP contribution is 2.26. The number of carbonyl (C=O) groups excluding carboxylic acids is 3. The van der Waals surface area contributed by atoms with Gasteiger partial charge < -0.3 is 19.3 Å². The predicted molar refractivity (Wildman–Crippen MR) is 147 cm³/mol. The van der Waals surface area contributed by atoms with Crippen molar-refractivity contribution in [2.45, 2.75) is 71.9 Å². The number of Topliss-reactive ketones (excluding diaryl/α,β-unsaturated/α-hetero) is 1. The molecule has 1 atom stereocenters. The van der Waals surface area contributed by atoms with Crippen molar-refractivity contribution >= 4 is 17.6 Å². The van der Waals surface area contributed by atoms with Crippen molar-refractivity contribution in [1.82, 2.24) is 9.80 Å². The first kappa shape index (κ1) is 28.6. The molecule has 200 valence electrons. The molecule has 2 aromatic carbocycles. The zero-order valence-corrected chi connectivity index (χ0v) is 22.9. The van der Waals surface area contributed by atoms with E-state index in [9.17, 15) is 14.4 Å². The van der Waals surface area contributed by atoms with Crippen LogP contribution in [0.3, 0.4) is 0 Å². The summed E-state index contributed by atoms with van der Waals surface area (Å²) in [6.07, 6.45) is 3.30. The van der Waals surface area contributed by atoms with E-state index in [0.717, 1.165) is 48.2 Å². The lowest BCUT2D eigenvalue weighted by atomic mass is 9.94. The topological polar surface area (TPSA) is 66.9 Å². The average Bonchev–Trinajstić information content (AvgIpc) is 2.89. The molecular formula is C31H42N2O4. The lowest BCUT2D eigenvalue weighted by Crippen LogP contribution is -2.45. The normalized spacial score (nSPS) is 14.9. The van der Waals surface area contributed by atoms with Crippen LogP contribution in [0.1, 0.15) is 64.0 Å². The van der Waals surface area contributed by atoms with E-state index in [1.54, 1.807) is 18.9 Å². The highest BCUT2D eigenvalue weighted by atomic mass is 16.5. The number of carbonyl (C=O) groups is 3. The number of ether oxygens (including phenoxy) is 1. The maximum Gasteiger partial charge on any atom is 0.252 e. The van der Waals surface area contributed by atoms with E-state index in [2.05, 4.69) is 37.3 Å². The van der Waals surface area contributed by atoms with Crippen LogP contribution >= 0.6 is 0 Å². The second-order valence-electron chi connectivity index (χ2n) is 10.3. The predicted octanol–water partition coefficient (Wildman–Crippen LogP) is 5.28. The zero-order chi connectivity index (χ0) is 26.8. The van der Waals surface area contributed by atoms with Crippen LogP contribution in [0.5, 0.6) is 0 Å². The second-order valence-corrected chi connectivity index (χ2v) is 10.3. The van der Waals surface area contributed by atoms with Crippen LogP contribution in [0, 0.1) is 5.92 Å². The summed E-state index contributed by atoms with van der Waals surface area (Å²) in [7, 11) is 1.80. The highest BCUT2D eigenvalue weighted by molar-refractivity contribution is 5.82. The van der Waals surface area contributed by atoms with Crippen molar-refractivity contribution in [2.24, 2.45) is 5.92 Å². The summed E-state index contributed by atoms with van der Waals surface area (Å²) >= 11 is 0. The Hall–Kier alpha value is -2.99. The number of ketones is 1. The molecule has 37 heavy (non-hydrogen) atoms. The maximum absolute atomic E-state index is 13.4. The molecular weight excluding hydrogens is 464 g/mol. The molecule has 1 saturated heterocycles. The van der Waals surface area contributed by atoms with E-state index in [0.29, 0.717) is 44.8 Å². The minimum atomic E-state index is -0.545. The third-order valence-electron chi connectivity index (χ3n) is 7.21. The lowest BCUT2D eigenvalue weighted by Gasteiger charge is -2.33. The minimum Gasteiger partial charge on any atom is -0.368 e. The summed E-state index contributed by atoms with van der Waals surface area (Å²) in [6.45, 7) is 8.17. The number of hydrogen-bond acceptors (Lipinski definition) is 4. The molecule has 1 aliphatic rings. The van der Waals surface area contributed by atoms with Crippen LogP contribution in [0.2, 0.25) is 0 Å². The number of benzene rings is 2. The summed E-state index contributed by atoms with van der Waals surface area (Å²) in [5.74, 6) is 0.816. The summed E-state index contributed by atoms with van der Waals surface area (Å²) in [5, 5.41) is 0. The summed E-state index contributed by atoms with van der Waals surface area (Å²) < 4.78 is 5.98. The Kier molecular flexibility index (Phi) is 10.9. The molecule has 0 bridgehead atoms. The molecule has 0 aromatic heterocycles. The van der Waals surface area contributed by atoms with E-state index >= 15 is 0 Å². The van der Waals surface area contributed by atoms with Gasteiger partial charge in [-0.15, -0.1) is 0 Å². The Morgan fingerprint density at radius 3 is 2.35 bits per heavy atom. The summed E-state index contributed by atoms with van der Waals surface area (Å²) in [4.78, 5) is 41.1. The van der Waals surface area contributed by atoms with E-state index in [1.165, 1.54) is 0 Å². The lowest BCUT2D eigenvalue weighted by molar-refractivity contribution is -0.144. The van der Waals surface area contributed by atoms with Gasteiger partial charge >= 0.3 is 0 Å². The molecule has 0 aliphatic carbocycles. The molecule has 1 unspecified atom stereocenters. The summed E-state index contributed by atoms with van der Waals surface area (Å²) in [5.41, 5.74) is 4.19. The molecule has 6 nitrogen and oxygen atoms in total. The van der Waals surface area contributed by atoms with E-state index in [4.69, 9.17) is 4.74 Å². The molecule has 0 radical (unpaired) electrons. The Morgan fingerprint density at radius 2 is 1.70 bits per heavy atom. The first-order valence-electron chi connectivity index (χ1n) is 13.6. The van der Waals surface area contributed by atoms with Gasteiger partial charge in [0.1, 0.15) is 11.9 Å². The van der Waals surface area contributed by atoms with Gasteiger partial charge in [0.2, 0.25) is 5.91 Å². The van der Waals surface area contributed by atoms with Gasteiger partial charge in [-0.3, -0.25) is 9.59 Å². The molecule has 2 amide bonds. The number of likely N-dealkylation sites (tertiary alicyclic amines) is 1. The summed E-state index contributed by atoms with van der Waals surface area (Å²) in [6, 6.07) is 16.4. The standard InChI is InChI=1S/C31H42N2O4/c1-5-37-29(31(36)33-18-16-23(2)17-19-33)21-27-15-14-26(25-11-7-6-8-12-25)20-28(27)22-32(4)30(35)13-9-10-24(3)34/h6-8,11-12,14-15,20,23,29H,5,9-10,13,16-19,21-22H2,1-4H3. The molecule has 0 spiro atoms. The van der Waals surface area contributed by atoms with Crippen LogP contribution in [0.4, 0.5) is 0 Å². The van der Waals surface area contributed by atoms with Gasteiger partial charge in [0.25, 0.3) is 5.91 Å². The zero-order valence-electron chi connectivity index (χ0n) is 22.9. The van der Waals surface area contributed by atoms with Gasteiger partial charge in [-0.1, -0.05) is 49.4 Å². The van der Waals surface area contributed by atoms with E-state index in [1.807, 2.05) is 30.0 Å². The molecule has 1 fully saturated rings. The molecule has 3 rings (SSSR count). The van der Waals surface area contributed by atoms with Gasteiger partial charge in [0.15, 0.2) is 0 Å². The SMILES string of the molecule is CCOC(Cc1ccc(-c2ccccc2)cc1CN(C)C(=O)CCCC(C)=O)C(=O)N1CCC(C)CC1. The fraction of sp³-hybridized carbons (Fsp3) is 0.516. The fourth-order valence-electron chi connectivity index (χ4n) is 4.86. The van der Waals surface area contributed by atoms with Gasteiger partial charge in [-0.25, -0.2) is 0 Å². The van der Waals surface area contributed by atoms with Gasteiger partial charge in [0.05, 0.1) is 0 Å². The van der Waals surface area contributed by atoms with Crippen LogP contribution in [0.25, 0.3) is 11.1 Å². The fourth-order valence-corrected chi connectivity index (χ4v) is 4.86. The third kappa shape index (κ3) is 8.53. The Balaban J connectivity index is 1.83. The molecule has 1 aliphatic heterocycles. The molecule has 0 saturated carbocycles. The van der Waals surface area contributed by atoms with Gasteiger partial charge in [-0.2, -0.15) is 0 Å². The van der Waals surface area contributed by atoms with Crippen molar-refractivity contribution in [3.63, 3.8) is 0 Å². The van der Waals surface area contributed by atoms with Crippen LogP contribution in [-0.4, -0.2) is 60.2 Å². The number of piperidine rings is 1. The van der Waals surface area contributed by atoms with E-state index < -0.39 is 6.10 Å². The van der Waals surface area contributed by atoms with Gasteiger partial charge in [-0.05, 0) is 67.3 Å². The van der Waals surface area contributed by atoms with Crippen molar-refractivity contribution in [1.29, 1.82) is 0 Å². The van der Waals surface area contributed by atoms with Crippen molar-refractivity contribution in [3.05, 3.63) is 59.7 Å². The maximum atomic E-state index is 13.4. The van der Waals surface area contributed by atoms with Crippen molar-refractivity contribution in [3.8, 4) is 11.1 Å². The Labute approximate surface area is 222 Å². The number of nitrogens with zero attached hydrogens (tertiary/aromatic N) is 2. The monoisotopic (exact) mass is 506 g/mol. The van der Waals surface area contributed by atoms with Crippen LogP contribution in [0.15, 0.2) is 48.5 Å². The van der Waals surface area contributed by atoms with Crippen molar-refractivity contribution in [2.75, 3.05) is 26.7 Å². The first-order valence-corrected chi connectivity index (χ1v) is 13.6. The number of amides is 2. The quantitative estimate of drug-likeness (QED) is 0.393. The first-order chi connectivity index (χ1) is 17.8. The molecule has 2 aromatic rings. The smallest absolute Gasteiger partial charge is 0.252 e. The molecule has 6 heteroatoms. The van der Waals surface area contributed by atoms with Crippen molar-refractivity contribution < 1.29 is 19.1 Å². The Morgan fingerprint density at radius 1 is 1.00 bits per heavy atom. The van der Waals surface area contributed by atoms with Crippen LogP contribution < -0.4 is 0 Å². The average molecular weight is 507 g/mol.